The van der Waals surface area contributed by atoms with Gasteiger partial charge in [0.15, 0.2) is 6.10 Å². The van der Waals surface area contributed by atoms with Gasteiger partial charge < -0.3 is 39.4 Å². The Kier molecular flexibility index (Phi) is 8.61. The van der Waals surface area contributed by atoms with Crippen LogP contribution in [0.5, 0.6) is 11.5 Å². The molecule has 1 saturated heterocycles. The molecular weight excluding hydrogens is 448 g/mol. The highest BCUT2D eigenvalue weighted by Crippen LogP contribution is 2.28. The third kappa shape index (κ3) is 6.55. The molecule has 2 aromatic carbocycles. The van der Waals surface area contributed by atoms with Gasteiger partial charge in [0.2, 0.25) is 6.29 Å². The smallest absolute Gasteiger partial charge is 0.331 e. The van der Waals surface area contributed by atoms with E-state index in [9.17, 15) is 30.0 Å². The minimum atomic E-state index is -1.63. The Labute approximate surface area is 195 Å². The predicted octanol–water partition coefficient (Wildman–Crippen LogP) is 0.898. The van der Waals surface area contributed by atoms with E-state index >= 15 is 0 Å². The van der Waals surface area contributed by atoms with Crippen LogP contribution in [0.4, 0.5) is 0 Å². The van der Waals surface area contributed by atoms with Gasteiger partial charge in [0.1, 0.15) is 36.4 Å². The molecule has 1 aliphatic heterocycles. The van der Waals surface area contributed by atoms with Crippen molar-refractivity contribution >= 4 is 18.0 Å². The molecule has 0 unspecified atom stereocenters. The second-order valence-corrected chi connectivity index (χ2v) is 7.54. The second-order valence-electron chi connectivity index (χ2n) is 7.54. The van der Waals surface area contributed by atoms with Crippen LogP contribution in [0.25, 0.3) is 6.08 Å². The van der Waals surface area contributed by atoms with Gasteiger partial charge in [0, 0.05) is 18.6 Å². The number of phenols is 1. The van der Waals surface area contributed by atoms with E-state index in [1.54, 1.807) is 36.4 Å². The van der Waals surface area contributed by atoms with Gasteiger partial charge in [-0.15, -0.1) is 0 Å². The van der Waals surface area contributed by atoms with Crippen LogP contribution in [0.15, 0.2) is 54.6 Å². The minimum absolute atomic E-state index is 0.0719. The molecule has 1 aliphatic rings. The number of carbonyl (C=O) groups excluding carboxylic acids is 2. The lowest BCUT2D eigenvalue weighted by Crippen LogP contribution is -2.61. The number of esters is 2. The van der Waals surface area contributed by atoms with E-state index in [0.717, 1.165) is 6.08 Å². The zero-order chi connectivity index (χ0) is 24.7. The first-order chi connectivity index (χ1) is 16.3. The molecule has 4 N–H and O–H groups in total. The molecular formula is C24H26O10. The molecule has 0 aromatic heterocycles. The Balaban J connectivity index is 1.79. The van der Waals surface area contributed by atoms with Crippen LogP contribution in [-0.2, 0) is 30.4 Å². The van der Waals surface area contributed by atoms with Crippen LogP contribution in [0.2, 0.25) is 0 Å². The lowest BCUT2D eigenvalue weighted by molar-refractivity contribution is -0.282. The molecule has 3 rings (SSSR count). The monoisotopic (exact) mass is 474 g/mol. The van der Waals surface area contributed by atoms with Crippen LogP contribution >= 0.6 is 0 Å². The maximum Gasteiger partial charge on any atom is 0.331 e. The summed E-state index contributed by atoms with van der Waals surface area (Å²) in [5.74, 6) is -1.18. The Morgan fingerprint density at radius 3 is 2.44 bits per heavy atom. The van der Waals surface area contributed by atoms with Gasteiger partial charge in [-0.05, 0) is 29.8 Å². The number of hydrogen-bond acceptors (Lipinski definition) is 10. The van der Waals surface area contributed by atoms with Gasteiger partial charge in [0.25, 0.3) is 0 Å². The number of aliphatic hydroxyl groups excluding tert-OH is 3. The topological polar surface area (TPSA) is 152 Å². The quantitative estimate of drug-likeness (QED) is 0.321. The summed E-state index contributed by atoms with van der Waals surface area (Å²) >= 11 is 0. The maximum atomic E-state index is 12.4. The Hall–Kier alpha value is -3.44. The number of aliphatic hydroxyl groups is 3. The molecule has 182 valence electrons. The van der Waals surface area contributed by atoms with Crippen LogP contribution < -0.4 is 4.74 Å². The van der Waals surface area contributed by atoms with Crippen molar-refractivity contribution in [2.75, 3.05) is 6.61 Å². The number of phenolic OH excluding ortho intramolecular Hbond substituents is 1. The molecule has 1 heterocycles. The number of rotatable bonds is 8. The van der Waals surface area contributed by atoms with Crippen molar-refractivity contribution in [2.45, 2.75) is 44.2 Å². The van der Waals surface area contributed by atoms with Crippen LogP contribution in [0.1, 0.15) is 18.1 Å². The molecule has 0 bridgehead atoms. The Bertz CT molecular complexity index is 1000. The molecule has 0 amide bonds. The summed E-state index contributed by atoms with van der Waals surface area (Å²) in [5.41, 5.74) is 1.03. The SMILES string of the molecule is CC(=O)OC[C@H]1O[C@@H](Oc2ccccc2CO)[C@H](OC(=O)/C=C/c2ccc(O)cc2)[C@@H](O)[C@@H]1O. The van der Waals surface area contributed by atoms with E-state index in [-0.39, 0.29) is 24.7 Å². The fourth-order valence-corrected chi connectivity index (χ4v) is 3.26. The van der Waals surface area contributed by atoms with Crippen LogP contribution in [0, 0.1) is 0 Å². The summed E-state index contributed by atoms with van der Waals surface area (Å²) in [7, 11) is 0. The number of benzene rings is 2. The van der Waals surface area contributed by atoms with Crippen molar-refractivity contribution in [1.29, 1.82) is 0 Å². The summed E-state index contributed by atoms with van der Waals surface area (Å²) < 4.78 is 21.7. The van der Waals surface area contributed by atoms with Crippen molar-refractivity contribution in [2.24, 2.45) is 0 Å². The predicted molar refractivity (Wildman–Crippen MR) is 117 cm³/mol. The zero-order valence-corrected chi connectivity index (χ0v) is 18.3. The Morgan fingerprint density at radius 1 is 1.06 bits per heavy atom. The van der Waals surface area contributed by atoms with E-state index in [4.69, 9.17) is 18.9 Å². The first kappa shape index (κ1) is 25.2. The average molecular weight is 474 g/mol. The lowest BCUT2D eigenvalue weighted by Gasteiger charge is -2.41. The van der Waals surface area contributed by atoms with Crippen molar-refractivity contribution in [1.82, 2.24) is 0 Å². The fourth-order valence-electron chi connectivity index (χ4n) is 3.26. The third-order valence-electron chi connectivity index (χ3n) is 5.04. The van der Waals surface area contributed by atoms with Gasteiger partial charge in [-0.1, -0.05) is 30.3 Å². The van der Waals surface area contributed by atoms with Crippen molar-refractivity contribution in [3.05, 3.63) is 65.7 Å². The molecule has 0 radical (unpaired) electrons. The first-order valence-corrected chi connectivity index (χ1v) is 10.5. The number of aromatic hydroxyl groups is 1. The summed E-state index contributed by atoms with van der Waals surface area (Å²) in [6.07, 6.45) is -4.64. The molecule has 5 atom stereocenters. The third-order valence-corrected chi connectivity index (χ3v) is 5.04. The average Bonchev–Trinajstić information content (AvgIpc) is 2.82. The molecule has 2 aromatic rings. The van der Waals surface area contributed by atoms with Crippen LogP contribution in [-0.4, -0.2) is 69.7 Å². The molecule has 34 heavy (non-hydrogen) atoms. The molecule has 0 saturated carbocycles. The molecule has 0 spiro atoms. The summed E-state index contributed by atoms with van der Waals surface area (Å²) in [6, 6.07) is 12.6. The van der Waals surface area contributed by atoms with E-state index < -0.39 is 42.6 Å². The van der Waals surface area contributed by atoms with Gasteiger partial charge in [0.05, 0.1) is 6.61 Å². The number of hydrogen-bond donors (Lipinski definition) is 4. The summed E-state index contributed by atoms with van der Waals surface area (Å²) in [6.45, 7) is 0.476. The van der Waals surface area contributed by atoms with E-state index in [2.05, 4.69) is 0 Å². The van der Waals surface area contributed by atoms with Gasteiger partial charge in [-0.2, -0.15) is 0 Å². The van der Waals surface area contributed by atoms with Gasteiger partial charge >= 0.3 is 11.9 Å². The van der Waals surface area contributed by atoms with Gasteiger partial charge in [-0.3, -0.25) is 4.79 Å². The minimum Gasteiger partial charge on any atom is -0.508 e. The van der Waals surface area contributed by atoms with E-state index in [1.807, 2.05) is 0 Å². The van der Waals surface area contributed by atoms with E-state index in [1.165, 1.54) is 25.1 Å². The van der Waals surface area contributed by atoms with Gasteiger partial charge in [-0.25, -0.2) is 4.79 Å². The largest absolute Gasteiger partial charge is 0.508 e. The fraction of sp³-hybridized carbons (Fsp3) is 0.333. The first-order valence-electron chi connectivity index (χ1n) is 10.5. The highest BCUT2D eigenvalue weighted by atomic mass is 16.7. The zero-order valence-electron chi connectivity index (χ0n) is 18.3. The van der Waals surface area contributed by atoms with E-state index in [0.29, 0.717) is 11.1 Å². The van der Waals surface area contributed by atoms with Crippen molar-refractivity contribution in [3.8, 4) is 11.5 Å². The normalized spacial score (nSPS) is 24.5. The molecule has 1 fully saturated rings. The second kappa shape index (κ2) is 11.6. The van der Waals surface area contributed by atoms with Crippen molar-refractivity contribution < 1.29 is 49.0 Å². The molecule has 10 heteroatoms. The summed E-state index contributed by atoms with van der Waals surface area (Å²) in [5, 5.41) is 40.1. The molecule has 10 nitrogen and oxygen atoms in total. The number of para-hydroxylation sites is 1. The summed E-state index contributed by atoms with van der Waals surface area (Å²) in [4.78, 5) is 23.6. The Morgan fingerprint density at radius 2 is 1.76 bits per heavy atom. The molecule has 0 aliphatic carbocycles. The lowest BCUT2D eigenvalue weighted by atomic mass is 9.99. The van der Waals surface area contributed by atoms with Crippen molar-refractivity contribution in [3.63, 3.8) is 0 Å². The highest BCUT2D eigenvalue weighted by molar-refractivity contribution is 5.87. The van der Waals surface area contributed by atoms with Crippen LogP contribution in [0.3, 0.4) is 0 Å². The number of carbonyl (C=O) groups is 2. The number of ether oxygens (including phenoxy) is 4. The highest BCUT2D eigenvalue weighted by Gasteiger charge is 2.48. The maximum absolute atomic E-state index is 12.4. The standard InChI is InChI=1S/C24H26O10/c1-14(26)31-13-19-21(29)22(30)23(24(33-19)32-18-5-3-2-4-16(18)12-25)34-20(28)11-8-15-6-9-17(27)10-7-15/h2-11,19,21-25,27,29-30H,12-13H2,1H3/b11-8+/t19-,21-,22+,23-,24-/m1/s1.